The third kappa shape index (κ3) is 3.19. The summed E-state index contributed by atoms with van der Waals surface area (Å²) in [6.07, 6.45) is 0.656. The molecule has 0 saturated carbocycles. The number of ether oxygens (including phenoxy) is 2. The van der Waals surface area contributed by atoms with Crippen molar-refractivity contribution in [3.8, 4) is 5.75 Å². The van der Waals surface area contributed by atoms with Crippen LogP contribution in [0.1, 0.15) is 26.7 Å². The van der Waals surface area contributed by atoms with Gasteiger partial charge in [0.25, 0.3) is 0 Å². The van der Waals surface area contributed by atoms with E-state index < -0.39 is 5.97 Å². The molecule has 0 atom stereocenters. The Kier molecular flexibility index (Phi) is 4.42. The van der Waals surface area contributed by atoms with E-state index in [1.165, 1.54) is 19.2 Å². The van der Waals surface area contributed by atoms with Crippen LogP contribution in [0.4, 0.5) is 0 Å². The number of carbonyl (C=O) groups is 2. The molecule has 0 N–H and O–H groups in total. The summed E-state index contributed by atoms with van der Waals surface area (Å²) >= 11 is 5.78. The van der Waals surface area contributed by atoms with Gasteiger partial charge in [0.2, 0.25) is 5.76 Å². The van der Waals surface area contributed by atoms with Gasteiger partial charge in [-0.25, -0.2) is 4.79 Å². The number of furan rings is 1. The lowest BCUT2D eigenvalue weighted by molar-refractivity contribution is 0.0561. The smallest absolute Gasteiger partial charge is 0.373 e. The maximum atomic E-state index is 11.2. The van der Waals surface area contributed by atoms with Crippen LogP contribution >= 0.6 is 11.6 Å². The molecule has 0 bridgehead atoms. The molecular weight excluding hydrogens is 284 g/mol. The zero-order valence-corrected chi connectivity index (χ0v) is 11.3. The summed E-state index contributed by atoms with van der Waals surface area (Å²) in [6, 6.07) is 7.81. The number of methoxy groups -OCH3 is 1. The number of hydrogen-bond acceptors (Lipinski definition) is 5. The number of benzene rings is 1. The molecule has 0 amide bonds. The van der Waals surface area contributed by atoms with Gasteiger partial charge < -0.3 is 13.9 Å². The molecule has 6 heteroatoms. The van der Waals surface area contributed by atoms with Crippen LogP contribution in [0.2, 0.25) is 5.02 Å². The van der Waals surface area contributed by atoms with E-state index in [-0.39, 0.29) is 12.4 Å². The number of aldehydes is 1. The van der Waals surface area contributed by atoms with E-state index in [1.807, 2.05) is 0 Å². The predicted octanol–water partition coefficient (Wildman–Crippen LogP) is 3.11. The average Bonchev–Trinajstić information content (AvgIpc) is 2.93. The molecule has 1 heterocycles. The first-order valence-corrected chi connectivity index (χ1v) is 6.06. The Labute approximate surface area is 120 Å². The third-order valence-corrected chi connectivity index (χ3v) is 2.75. The van der Waals surface area contributed by atoms with Crippen molar-refractivity contribution in [1.29, 1.82) is 0 Å². The Hall–Kier alpha value is -2.27. The van der Waals surface area contributed by atoms with Gasteiger partial charge >= 0.3 is 5.97 Å². The zero-order chi connectivity index (χ0) is 14.5. The van der Waals surface area contributed by atoms with E-state index in [1.54, 1.807) is 18.2 Å². The fourth-order valence-electron chi connectivity index (χ4n) is 1.56. The highest BCUT2D eigenvalue weighted by Crippen LogP contribution is 2.22. The van der Waals surface area contributed by atoms with Gasteiger partial charge in [0.1, 0.15) is 18.1 Å². The van der Waals surface area contributed by atoms with Crippen molar-refractivity contribution in [2.45, 2.75) is 6.61 Å². The lowest BCUT2D eigenvalue weighted by Crippen LogP contribution is -1.99. The van der Waals surface area contributed by atoms with Crippen LogP contribution in [0.3, 0.4) is 0 Å². The molecule has 104 valence electrons. The molecule has 0 fully saturated rings. The summed E-state index contributed by atoms with van der Waals surface area (Å²) in [5.41, 5.74) is 0.345. The normalized spacial score (nSPS) is 10.1. The highest BCUT2D eigenvalue weighted by atomic mass is 35.5. The Morgan fingerprint density at radius 1 is 1.35 bits per heavy atom. The van der Waals surface area contributed by atoms with Gasteiger partial charge in [-0.1, -0.05) is 11.6 Å². The quantitative estimate of drug-likeness (QED) is 0.626. The predicted molar refractivity (Wildman–Crippen MR) is 71.2 cm³/mol. The number of halogens is 1. The van der Waals surface area contributed by atoms with Gasteiger partial charge in [0.05, 0.1) is 12.7 Å². The Morgan fingerprint density at radius 2 is 2.15 bits per heavy atom. The van der Waals surface area contributed by atoms with Gasteiger partial charge in [-0.15, -0.1) is 0 Å². The molecule has 5 nitrogen and oxygen atoms in total. The summed E-state index contributed by atoms with van der Waals surface area (Å²) in [5, 5.41) is 0.449. The molecule has 2 aromatic rings. The summed E-state index contributed by atoms with van der Waals surface area (Å²) in [4.78, 5) is 22.1. The maximum Gasteiger partial charge on any atom is 0.373 e. The minimum Gasteiger partial charge on any atom is -0.485 e. The molecule has 0 saturated heterocycles. The molecule has 2 rings (SSSR count). The first-order valence-electron chi connectivity index (χ1n) is 5.68. The average molecular weight is 295 g/mol. The van der Waals surface area contributed by atoms with Crippen LogP contribution in [-0.4, -0.2) is 19.4 Å². The minimum atomic E-state index is -0.559. The van der Waals surface area contributed by atoms with Crippen molar-refractivity contribution in [1.82, 2.24) is 0 Å². The molecule has 0 aliphatic carbocycles. The Balaban J connectivity index is 2.07. The summed E-state index contributed by atoms with van der Waals surface area (Å²) in [7, 11) is 1.27. The van der Waals surface area contributed by atoms with Gasteiger partial charge in [0.15, 0.2) is 6.29 Å². The second-order valence-electron chi connectivity index (χ2n) is 3.85. The van der Waals surface area contributed by atoms with E-state index in [9.17, 15) is 9.59 Å². The number of hydrogen-bond donors (Lipinski definition) is 0. The third-order valence-electron chi connectivity index (χ3n) is 2.52. The largest absolute Gasteiger partial charge is 0.485 e. The van der Waals surface area contributed by atoms with Crippen molar-refractivity contribution >= 4 is 23.9 Å². The second-order valence-corrected chi connectivity index (χ2v) is 4.28. The van der Waals surface area contributed by atoms with Crippen molar-refractivity contribution in [2.24, 2.45) is 0 Å². The van der Waals surface area contributed by atoms with E-state index in [4.69, 9.17) is 20.8 Å². The fraction of sp³-hybridized carbons (Fsp3) is 0.143. The highest BCUT2D eigenvalue weighted by molar-refractivity contribution is 6.30. The van der Waals surface area contributed by atoms with Crippen molar-refractivity contribution in [2.75, 3.05) is 7.11 Å². The van der Waals surface area contributed by atoms with Gasteiger partial charge in [0, 0.05) is 5.02 Å². The van der Waals surface area contributed by atoms with Crippen molar-refractivity contribution in [3.05, 3.63) is 52.4 Å². The molecule has 1 aromatic carbocycles. The monoisotopic (exact) mass is 294 g/mol. The fourth-order valence-corrected chi connectivity index (χ4v) is 1.74. The molecule has 0 unspecified atom stereocenters. The molecule has 20 heavy (non-hydrogen) atoms. The summed E-state index contributed by atoms with van der Waals surface area (Å²) in [6.45, 7) is 0.0828. The lowest BCUT2D eigenvalue weighted by Gasteiger charge is -2.06. The van der Waals surface area contributed by atoms with E-state index in [0.717, 1.165) is 0 Å². The first-order chi connectivity index (χ1) is 9.63. The molecule has 0 spiro atoms. The van der Waals surface area contributed by atoms with Gasteiger partial charge in [-0.2, -0.15) is 0 Å². The SMILES string of the molecule is COC(=O)c1ccc(COc2ccc(Cl)cc2C=O)o1. The van der Waals surface area contributed by atoms with Gasteiger partial charge in [-0.05, 0) is 30.3 Å². The first kappa shape index (κ1) is 14.1. The molecule has 1 aromatic heterocycles. The second kappa shape index (κ2) is 6.25. The highest BCUT2D eigenvalue weighted by Gasteiger charge is 2.12. The molecule has 0 aliphatic rings. The molecule has 0 radical (unpaired) electrons. The Bertz CT molecular complexity index is 632. The zero-order valence-electron chi connectivity index (χ0n) is 10.6. The number of rotatable bonds is 5. The summed E-state index contributed by atoms with van der Waals surface area (Å²) in [5.74, 6) is 0.367. The topological polar surface area (TPSA) is 65.7 Å². The van der Waals surface area contributed by atoms with Crippen LogP contribution in [0, 0.1) is 0 Å². The van der Waals surface area contributed by atoms with Crippen LogP contribution in [0.15, 0.2) is 34.7 Å². The van der Waals surface area contributed by atoms with E-state index in [2.05, 4.69) is 4.74 Å². The van der Waals surface area contributed by atoms with Crippen molar-refractivity contribution < 1.29 is 23.5 Å². The number of esters is 1. The lowest BCUT2D eigenvalue weighted by atomic mass is 10.2. The minimum absolute atomic E-state index is 0.0828. The van der Waals surface area contributed by atoms with E-state index in [0.29, 0.717) is 28.4 Å². The Morgan fingerprint density at radius 3 is 2.85 bits per heavy atom. The van der Waals surface area contributed by atoms with Gasteiger partial charge in [-0.3, -0.25) is 4.79 Å². The summed E-state index contributed by atoms with van der Waals surface area (Å²) < 4.78 is 15.2. The maximum absolute atomic E-state index is 11.2. The van der Waals surface area contributed by atoms with Crippen LogP contribution < -0.4 is 4.74 Å². The van der Waals surface area contributed by atoms with Crippen molar-refractivity contribution in [3.63, 3.8) is 0 Å². The standard InChI is InChI=1S/C14H11ClO5/c1-18-14(17)13-5-3-11(20-13)8-19-12-4-2-10(15)6-9(12)7-16/h2-7H,8H2,1H3. The molecule has 0 aliphatic heterocycles. The van der Waals surface area contributed by atoms with Crippen LogP contribution in [0.5, 0.6) is 5.75 Å². The van der Waals surface area contributed by atoms with Crippen LogP contribution in [-0.2, 0) is 11.3 Å². The van der Waals surface area contributed by atoms with E-state index >= 15 is 0 Å². The molecular formula is C14H11ClO5. The van der Waals surface area contributed by atoms with Crippen LogP contribution in [0.25, 0.3) is 0 Å². The number of carbonyl (C=O) groups excluding carboxylic acids is 2.